The minimum Gasteiger partial charge on any atom is -0.384 e. The minimum absolute atomic E-state index is 0.000744. The van der Waals surface area contributed by atoms with Gasteiger partial charge >= 0.3 is 0 Å². The average Bonchev–Trinajstić information content (AvgIpc) is 2.32. The Labute approximate surface area is 113 Å². The van der Waals surface area contributed by atoms with E-state index in [2.05, 4.69) is 18.2 Å². The number of nitrogen functional groups attached to an aromatic ring is 1. The fourth-order valence-electron chi connectivity index (χ4n) is 1.70. The van der Waals surface area contributed by atoms with Crippen molar-refractivity contribution in [3.05, 3.63) is 23.4 Å². The lowest BCUT2D eigenvalue weighted by Crippen LogP contribution is -2.35. The Balaban J connectivity index is 2.79. The second-order valence-corrected chi connectivity index (χ2v) is 5.45. The van der Waals surface area contributed by atoms with Crippen LogP contribution in [-0.4, -0.2) is 40.9 Å². The Kier molecular flexibility index (Phi) is 5.47. The third-order valence-corrected chi connectivity index (χ3v) is 3.59. The molecule has 5 heteroatoms. The lowest BCUT2D eigenvalue weighted by atomic mass is 10.1. The molecule has 0 bridgehead atoms. The number of hydrogen-bond acceptors (Lipinski definition) is 4. The fraction of sp³-hybridized carbons (Fsp3) is 0.538. The van der Waals surface area contributed by atoms with Gasteiger partial charge in [0.25, 0.3) is 5.91 Å². The Morgan fingerprint density at radius 2 is 2.22 bits per heavy atom. The lowest BCUT2D eigenvalue weighted by molar-refractivity contribution is 0.0741. The molecule has 18 heavy (non-hydrogen) atoms. The summed E-state index contributed by atoms with van der Waals surface area (Å²) in [5.41, 5.74) is 7.05. The molecule has 1 atom stereocenters. The summed E-state index contributed by atoms with van der Waals surface area (Å²) < 4.78 is 0. The van der Waals surface area contributed by atoms with Gasteiger partial charge in [0.05, 0.1) is 0 Å². The number of nitrogens with two attached hydrogens (primary N) is 1. The van der Waals surface area contributed by atoms with Gasteiger partial charge in [-0.2, -0.15) is 11.8 Å². The molecule has 1 aromatic rings. The van der Waals surface area contributed by atoms with Crippen LogP contribution in [0.3, 0.4) is 0 Å². The summed E-state index contributed by atoms with van der Waals surface area (Å²) in [6.45, 7) is 3.90. The molecule has 1 amide bonds. The summed E-state index contributed by atoms with van der Waals surface area (Å²) >= 11 is 1.79. The van der Waals surface area contributed by atoms with Crippen LogP contribution >= 0.6 is 11.8 Å². The van der Waals surface area contributed by atoms with Gasteiger partial charge in [0.2, 0.25) is 0 Å². The molecule has 0 saturated heterocycles. The maximum atomic E-state index is 12.3. The standard InChI is InChI=1S/C13H21N3OS/c1-9-7-11(8-12(14)15-9)13(17)16(3)10(2)5-6-18-4/h7-8,10H,5-6H2,1-4H3,(H2,14,15). The van der Waals surface area contributed by atoms with E-state index < -0.39 is 0 Å². The van der Waals surface area contributed by atoms with Gasteiger partial charge in [-0.05, 0) is 44.4 Å². The molecule has 100 valence electrons. The maximum Gasteiger partial charge on any atom is 0.254 e. The zero-order valence-corrected chi connectivity index (χ0v) is 12.3. The highest BCUT2D eigenvalue weighted by Gasteiger charge is 2.17. The van der Waals surface area contributed by atoms with E-state index in [-0.39, 0.29) is 11.9 Å². The largest absolute Gasteiger partial charge is 0.384 e. The Hall–Kier alpha value is -1.23. The highest BCUT2D eigenvalue weighted by Crippen LogP contribution is 2.13. The van der Waals surface area contributed by atoms with Crippen LogP contribution < -0.4 is 5.73 Å². The van der Waals surface area contributed by atoms with E-state index in [1.807, 2.05) is 14.0 Å². The second-order valence-electron chi connectivity index (χ2n) is 4.47. The lowest BCUT2D eigenvalue weighted by Gasteiger charge is -2.25. The minimum atomic E-state index is 0.000744. The van der Waals surface area contributed by atoms with Gasteiger partial charge in [0.15, 0.2) is 0 Å². The van der Waals surface area contributed by atoms with Gasteiger partial charge in [-0.15, -0.1) is 0 Å². The maximum absolute atomic E-state index is 12.3. The normalized spacial score (nSPS) is 12.2. The van der Waals surface area contributed by atoms with E-state index in [9.17, 15) is 4.79 Å². The molecule has 0 aliphatic carbocycles. The molecule has 4 nitrogen and oxygen atoms in total. The number of hydrogen-bond donors (Lipinski definition) is 1. The molecule has 0 aliphatic heterocycles. The highest BCUT2D eigenvalue weighted by atomic mass is 32.2. The van der Waals surface area contributed by atoms with E-state index >= 15 is 0 Å². The van der Waals surface area contributed by atoms with Crippen molar-refractivity contribution in [2.24, 2.45) is 0 Å². The van der Waals surface area contributed by atoms with Crippen molar-refractivity contribution in [2.75, 3.05) is 24.8 Å². The number of carbonyl (C=O) groups is 1. The number of anilines is 1. The quantitative estimate of drug-likeness (QED) is 0.888. The smallest absolute Gasteiger partial charge is 0.254 e. The molecular formula is C13H21N3OS. The number of amides is 1. The molecule has 0 spiro atoms. The van der Waals surface area contributed by atoms with Crippen LogP contribution in [0.15, 0.2) is 12.1 Å². The van der Waals surface area contributed by atoms with Crippen LogP contribution in [0.25, 0.3) is 0 Å². The van der Waals surface area contributed by atoms with Gasteiger partial charge in [0.1, 0.15) is 5.82 Å². The number of aromatic nitrogens is 1. The van der Waals surface area contributed by atoms with Gasteiger partial charge in [-0.3, -0.25) is 4.79 Å². The number of nitrogens with zero attached hydrogens (tertiary/aromatic N) is 2. The van der Waals surface area contributed by atoms with E-state index in [4.69, 9.17) is 5.73 Å². The molecule has 0 aliphatic rings. The summed E-state index contributed by atoms with van der Waals surface area (Å²) in [6, 6.07) is 3.63. The Bertz CT molecular complexity index is 402. The molecular weight excluding hydrogens is 246 g/mol. The fourth-order valence-corrected chi connectivity index (χ4v) is 2.28. The SMILES string of the molecule is CSCCC(C)N(C)C(=O)c1cc(C)nc(N)c1. The van der Waals surface area contributed by atoms with E-state index in [0.717, 1.165) is 17.9 Å². The van der Waals surface area contributed by atoms with E-state index in [1.165, 1.54) is 0 Å². The third-order valence-electron chi connectivity index (χ3n) is 2.94. The summed E-state index contributed by atoms with van der Waals surface area (Å²) in [5, 5.41) is 0. The van der Waals surface area contributed by atoms with Gasteiger partial charge in [-0.1, -0.05) is 0 Å². The van der Waals surface area contributed by atoms with E-state index in [0.29, 0.717) is 11.4 Å². The third kappa shape index (κ3) is 3.91. The molecule has 0 aromatic carbocycles. The van der Waals surface area contributed by atoms with Crippen LogP contribution in [0.4, 0.5) is 5.82 Å². The van der Waals surface area contributed by atoms with Gasteiger partial charge < -0.3 is 10.6 Å². The first kappa shape index (κ1) is 14.8. The Morgan fingerprint density at radius 1 is 1.56 bits per heavy atom. The van der Waals surface area contributed by atoms with Crippen LogP contribution in [-0.2, 0) is 0 Å². The zero-order valence-electron chi connectivity index (χ0n) is 11.4. The summed E-state index contributed by atoms with van der Waals surface area (Å²) in [5.74, 6) is 1.44. The molecule has 0 radical (unpaired) electrons. The van der Waals surface area contributed by atoms with Crippen molar-refractivity contribution in [1.82, 2.24) is 9.88 Å². The van der Waals surface area contributed by atoms with Crippen LogP contribution in [0.1, 0.15) is 29.4 Å². The first-order valence-corrected chi connectivity index (χ1v) is 7.35. The molecule has 0 saturated carbocycles. The number of aryl methyl sites for hydroxylation is 1. The number of rotatable bonds is 5. The second kappa shape index (κ2) is 6.64. The molecule has 0 fully saturated rings. The number of thioether (sulfide) groups is 1. The molecule has 1 aromatic heterocycles. The average molecular weight is 267 g/mol. The predicted molar refractivity (Wildman–Crippen MR) is 77.9 cm³/mol. The van der Waals surface area contributed by atoms with Crippen molar-refractivity contribution >= 4 is 23.5 Å². The monoisotopic (exact) mass is 267 g/mol. The number of pyridine rings is 1. The predicted octanol–water partition coefficient (Wildman–Crippen LogP) is 2.19. The van der Waals surface area contributed by atoms with Crippen molar-refractivity contribution in [1.29, 1.82) is 0 Å². The molecule has 1 unspecified atom stereocenters. The summed E-state index contributed by atoms with van der Waals surface area (Å²) in [4.78, 5) is 18.1. The van der Waals surface area contributed by atoms with E-state index in [1.54, 1.807) is 28.8 Å². The van der Waals surface area contributed by atoms with Gasteiger partial charge in [0, 0.05) is 24.3 Å². The topological polar surface area (TPSA) is 59.2 Å². The first-order chi connectivity index (χ1) is 8.45. The summed E-state index contributed by atoms with van der Waals surface area (Å²) in [6.07, 6.45) is 3.06. The van der Waals surface area contributed by atoms with Crippen LogP contribution in [0.2, 0.25) is 0 Å². The van der Waals surface area contributed by atoms with Crippen molar-refractivity contribution in [2.45, 2.75) is 26.3 Å². The van der Waals surface area contributed by atoms with Gasteiger partial charge in [-0.25, -0.2) is 4.98 Å². The summed E-state index contributed by atoms with van der Waals surface area (Å²) in [7, 11) is 1.83. The van der Waals surface area contributed by atoms with Crippen LogP contribution in [0.5, 0.6) is 0 Å². The molecule has 1 rings (SSSR count). The zero-order chi connectivity index (χ0) is 13.7. The van der Waals surface area contributed by atoms with Crippen LogP contribution in [0, 0.1) is 6.92 Å². The van der Waals surface area contributed by atoms with Crippen molar-refractivity contribution in [3.8, 4) is 0 Å². The highest BCUT2D eigenvalue weighted by molar-refractivity contribution is 7.98. The first-order valence-electron chi connectivity index (χ1n) is 5.96. The molecule has 2 N–H and O–H groups in total. The number of carbonyl (C=O) groups excluding carboxylic acids is 1. The Morgan fingerprint density at radius 3 is 2.78 bits per heavy atom. The van der Waals surface area contributed by atoms with Crippen molar-refractivity contribution < 1.29 is 4.79 Å². The van der Waals surface area contributed by atoms with Crippen molar-refractivity contribution in [3.63, 3.8) is 0 Å². The molecule has 1 heterocycles.